The standard InChI is InChI=1S/C25H21ClN2O3S/c1-25(2,31)23-15-20(28(27-23)19-6-4-3-5-18(19)26)22-13-12-21(32-22)17-10-7-16(8-11-17)9-14-24(29)30/h3-15,31H,1-2H3,(H,29,30). The molecule has 0 aliphatic carbocycles. The fraction of sp³-hybridized carbons (Fsp3) is 0.120. The second kappa shape index (κ2) is 8.74. The average Bonchev–Trinajstić information content (AvgIpc) is 3.40. The van der Waals surface area contributed by atoms with Crippen molar-refractivity contribution in [2.75, 3.05) is 0 Å². The molecule has 7 heteroatoms. The molecule has 0 fully saturated rings. The van der Waals surface area contributed by atoms with Gasteiger partial charge in [0.25, 0.3) is 0 Å². The van der Waals surface area contributed by atoms with Crippen molar-refractivity contribution in [1.29, 1.82) is 0 Å². The molecule has 0 aliphatic heterocycles. The van der Waals surface area contributed by atoms with Crippen LogP contribution in [0.4, 0.5) is 0 Å². The van der Waals surface area contributed by atoms with Crippen LogP contribution in [-0.2, 0) is 10.4 Å². The van der Waals surface area contributed by atoms with E-state index in [-0.39, 0.29) is 0 Å². The molecule has 0 unspecified atom stereocenters. The maximum Gasteiger partial charge on any atom is 0.328 e. The fourth-order valence-corrected chi connectivity index (χ4v) is 4.45. The lowest BCUT2D eigenvalue weighted by molar-refractivity contribution is -0.131. The van der Waals surface area contributed by atoms with Crippen molar-refractivity contribution >= 4 is 35.0 Å². The fourth-order valence-electron chi connectivity index (χ4n) is 3.22. The van der Waals surface area contributed by atoms with E-state index in [9.17, 15) is 9.90 Å². The first-order valence-corrected chi connectivity index (χ1v) is 11.1. The second-order valence-electron chi connectivity index (χ2n) is 7.79. The van der Waals surface area contributed by atoms with Crippen molar-refractivity contribution in [3.05, 3.63) is 89.1 Å². The minimum atomic E-state index is -1.10. The zero-order valence-electron chi connectivity index (χ0n) is 17.5. The highest BCUT2D eigenvalue weighted by Crippen LogP contribution is 2.38. The van der Waals surface area contributed by atoms with Crippen LogP contribution in [0, 0.1) is 0 Å². The van der Waals surface area contributed by atoms with Crippen LogP contribution in [0.25, 0.3) is 32.8 Å². The van der Waals surface area contributed by atoms with Gasteiger partial charge in [0.05, 0.1) is 27.0 Å². The summed E-state index contributed by atoms with van der Waals surface area (Å²) in [4.78, 5) is 12.7. The number of rotatable bonds is 6. The minimum absolute atomic E-state index is 0.553. The van der Waals surface area contributed by atoms with Gasteiger partial charge < -0.3 is 10.2 Å². The van der Waals surface area contributed by atoms with Crippen LogP contribution >= 0.6 is 22.9 Å². The number of thiophene rings is 1. The van der Waals surface area contributed by atoms with Crippen LogP contribution in [-0.4, -0.2) is 26.0 Å². The van der Waals surface area contributed by atoms with Crippen molar-refractivity contribution in [2.45, 2.75) is 19.4 Å². The highest BCUT2D eigenvalue weighted by atomic mass is 35.5. The molecule has 2 aromatic heterocycles. The first kappa shape index (κ1) is 22.0. The normalized spacial score (nSPS) is 11.9. The molecule has 32 heavy (non-hydrogen) atoms. The van der Waals surface area contributed by atoms with Crippen molar-refractivity contribution in [3.63, 3.8) is 0 Å². The quantitative estimate of drug-likeness (QED) is 0.331. The molecule has 5 nitrogen and oxygen atoms in total. The van der Waals surface area contributed by atoms with Crippen LogP contribution in [0.15, 0.2) is 72.8 Å². The third-order valence-corrected chi connectivity index (χ3v) is 6.37. The van der Waals surface area contributed by atoms with Crippen LogP contribution in [0.5, 0.6) is 0 Å². The summed E-state index contributed by atoms with van der Waals surface area (Å²) >= 11 is 8.04. The summed E-state index contributed by atoms with van der Waals surface area (Å²) in [7, 11) is 0. The van der Waals surface area contributed by atoms with Crippen LogP contribution in [0.1, 0.15) is 25.1 Å². The minimum Gasteiger partial charge on any atom is -0.478 e. The molecular weight excluding hydrogens is 444 g/mol. The predicted molar refractivity (Wildman–Crippen MR) is 129 cm³/mol. The number of hydrogen-bond acceptors (Lipinski definition) is 4. The molecule has 2 aromatic carbocycles. The maximum absolute atomic E-state index is 10.7. The van der Waals surface area contributed by atoms with Gasteiger partial charge in [0.15, 0.2) is 0 Å². The van der Waals surface area contributed by atoms with E-state index in [1.54, 1.807) is 35.9 Å². The van der Waals surface area contributed by atoms with Crippen LogP contribution in [0.2, 0.25) is 5.02 Å². The van der Waals surface area contributed by atoms with E-state index < -0.39 is 11.6 Å². The molecule has 0 radical (unpaired) electrons. The summed E-state index contributed by atoms with van der Waals surface area (Å²) in [6, 6.07) is 21.1. The number of hydrogen-bond donors (Lipinski definition) is 2. The molecule has 0 saturated carbocycles. The number of carboxylic acid groups (broad SMARTS) is 1. The number of aliphatic carboxylic acids is 1. The van der Waals surface area contributed by atoms with E-state index in [0.717, 1.165) is 38.3 Å². The molecule has 4 aromatic rings. The number of aromatic nitrogens is 2. The van der Waals surface area contributed by atoms with E-state index in [2.05, 4.69) is 5.10 Å². The van der Waals surface area contributed by atoms with E-state index in [1.165, 1.54) is 0 Å². The van der Waals surface area contributed by atoms with Gasteiger partial charge in [-0.15, -0.1) is 11.3 Å². The van der Waals surface area contributed by atoms with Gasteiger partial charge >= 0.3 is 5.97 Å². The number of carboxylic acids is 1. The van der Waals surface area contributed by atoms with Crippen molar-refractivity contribution in [3.8, 4) is 26.7 Å². The highest BCUT2D eigenvalue weighted by molar-refractivity contribution is 7.18. The Morgan fingerprint density at radius 3 is 2.41 bits per heavy atom. The molecule has 0 amide bonds. The number of nitrogens with zero attached hydrogens (tertiary/aromatic N) is 2. The third kappa shape index (κ3) is 4.67. The first-order chi connectivity index (χ1) is 15.2. The molecule has 2 N–H and O–H groups in total. The van der Waals surface area contributed by atoms with E-state index in [1.807, 2.05) is 66.7 Å². The smallest absolute Gasteiger partial charge is 0.328 e. The summed E-state index contributed by atoms with van der Waals surface area (Å²) in [5, 5.41) is 24.5. The van der Waals surface area contributed by atoms with E-state index in [0.29, 0.717) is 10.7 Å². The molecular formula is C25H21ClN2O3S. The number of para-hydroxylation sites is 1. The Bertz CT molecular complexity index is 1300. The van der Waals surface area contributed by atoms with Crippen molar-refractivity contribution in [2.24, 2.45) is 0 Å². The highest BCUT2D eigenvalue weighted by Gasteiger charge is 2.24. The number of aliphatic hydroxyl groups is 1. The van der Waals surface area contributed by atoms with Gasteiger partial charge in [-0.25, -0.2) is 9.48 Å². The summed E-state index contributed by atoms with van der Waals surface area (Å²) in [6.45, 7) is 3.41. The number of benzene rings is 2. The molecule has 0 saturated heterocycles. The van der Waals surface area contributed by atoms with Gasteiger partial charge in [-0.05, 0) is 61.4 Å². The van der Waals surface area contributed by atoms with Crippen LogP contribution in [0.3, 0.4) is 0 Å². The Labute approximate surface area is 194 Å². The summed E-state index contributed by atoms with van der Waals surface area (Å²) < 4.78 is 1.77. The third-order valence-electron chi connectivity index (χ3n) is 4.89. The van der Waals surface area contributed by atoms with Gasteiger partial charge in [0.2, 0.25) is 0 Å². The number of halogens is 1. The zero-order valence-corrected chi connectivity index (χ0v) is 19.1. The Balaban J connectivity index is 1.73. The van der Waals surface area contributed by atoms with Crippen LogP contribution < -0.4 is 0 Å². The molecule has 162 valence electrons. The molecule has 0 atom stereocenters. The molecule has 2 heterocycles. The SMILES string of the molecule is CC(C)(O)c1cc(-c2ccc(-c3ccc(C=CC(=O)O)cc3)s2)n(-c2ccccc2Cl)n1. The maximum atomic E-state index is 10.7. The van der Waals surface area contributed by atoms with Gasteiger partial charge in [0, 0.05) is 11.0 Å². The van der Waals surface area contributed by atoms with Gasteiger partial charge in [0.1, 0.15) is 5.60 Å². The average molecular weight is 465 g/mol. The zero-order chi connectivity index (χ0) is 22.9. The Morgan fingerprint density at radius 1 is 1.06 bits per heavy atom. The Hall–Kier alpha value is -3.19. The predicted octanol–water partition coefficient (Wildman–Crippen LogP) is 6.25. The van der Waals surface area contributed by atoms with E-state index in [4.69, 9.17) is 16.7 Å². The van der Waals surface area contributed by atoms with E-state index >= 15 is 0 Å². The first-order valence-electron chi connectivity index (χ1n) is 9.92. The lowest BCUT2D eigenvalue weighted by Crippen LogP contribution is -2.16. The van der Waals surface area contributed by atoms with Gasteiger partial charge in [-0.2, -0.15) is 5.10 Å². The summed E-state index contributed by atoms with van der Waals surface area (Å²) in [5.74, 6) is -0.975. The van der Waals surface area contributed by atoms with Crippen molar-refractivity contribution in [1.82, 2.24) is 9.78 Å². The number of carbonyl (C=O) groups is 1. The van der Waals surface area contributed by atoms with Crippen molar-refractivity contribution < 1.29 is 15.0 Å². The largest absolute Gasteiger partial charge is 0.478 e. The lowest BCUT2D eigenvalue weighted by atomic mass is 10.1. The van der Waals surface area contributed by atoms with Gasteiger partial charge in [-0.3, -0.25) is 0 Å². The topological polar surface area (TPSA) is 75.3 Å². The summed E-state index contributed by atoms with van der Waals surface area (Å²) in [6.07, 6.45) is 2.68. The molecule has 0 bridgehead atoms. The lowest BCUT2D eigenvalue weighted by Gasteiger charge is -2.13. The molecule has 0 aliphatic rings. The monoisotopic (exact) mass is 464 g/mol. The molecule has 0 spiro atoms. The Kier molecular flexibility index (Phi) is 6.02. The Morgan fingerprint density at radius 2 is 1.75 bits per heavy atom. The summed E-state index contributed by atoms with van der Waals surface area (Å²) in [5.41, 5.74) is 2.88. The van der Waals surface area contributed by atoms with Gasteiger partial charge in [-0.1, -0.05) is 48.0 Å². The second-order valence-corrected chi connectivity index (χ2v) is 9.29. The molecule has 4 rings (SSSR count).